The van der Waals surface area contributed by atoms with Crippen LogP contribution in [0.5, 0.6) is 0 Å². The van der Waals surface area contributed by atoms with Crippen LogP contribution in [-0.2, 0) is 14.3 Å². The molecule has 1 fully saturated rings. The molecule has 1 unspecified atom stereocenters. The highest BCUT2D eigenvalue weighted by Crippen LogP contribution is 2.68. The Morgan fingerprint density at radius 3 is 2.57 bits per heavy atom. The minimum absolute atomic E-state index is 0.106. The van der Waals surface area contributed by atoms with Crippen LogP contribution in [0.2, 0.25) is 0 Å². The lowest BCUT2D eigenvalue weighted by Crippen LogP contribution is -2.66. The molecule has 0 spiro atoms. The number of hydrogen-bond donors (Lipinski definition) is 2. The number of carboxylic acids is 1. The summed E-state index contributed by atoms with van der Waals surface area (Å²) in [7, 11) is 0. The largest absolute Gasteiger partial charge is 0.481 e. The summed E-state index contributed by atoms with van der Waals surface area (Å²) in [6.45, 7) is 7.35. The molecule has 0 radical (unpaired) electrons. The molecule has 118 valence electrons. The maximum absolute atomic E-state index is 12.3. The van der Waals surface area contributed by atoms with E-state index in [-0.39, 0.29) is 11.8 Å². The summed E-state index contributed by atoms with van der Waals surface area (Å²) in [6.07, 6.45) is 5.58. The SMILES string of the molecule is CC(C)(C)OC(=O)C(N)[C@]1(CC(=O)O)C[C@@H]2CC=C[C@@]21C. The van der Waals surface area contributed by atoms with E-state index < -0.39 is 29.0 Å². The molecule has 3 N–H and O–H groups in total. The monoisotopic (exact) mass is 295 g/mol. The molecule has 1 saturated carbocycles. The fourth-order valence-electron chi connectivity index (χ4n) is 3.95. The number of fused-ring (bicyclic) bond motifs is 1. The van der Waals surface area contributed by atoms with E-state index in [0.29, 0.717) is 12.3 Å². The lowest BCUT2D eigenvalue weighted by molar-refractivity contribution is -0.179. The molecule has 0 aliphatic heterocycles. The number of carboxylic acid groups (broad SMARTS) is 1. The van der Waals surface area contributed by atoms with Gasteiger partial charge < -0.3 is 15.6 Å². The highest BCUT2D eigenvalue weighted by atomic mass is 16.6. The number of carbonyl (C=O) groups is 2. The number of esters is 1. The normalized spacial score (nSPS) is 35.8. The molecule has 2 rings (SSSR count). The van der Waals surface area contributed by atoms with Crippen molar-refractivity contribution < 1.29 is 19.4 Å². The van der Waals surface area contributed by atoms with Gasteiger partial charge in [0.25, 0.3) is 0 Å². The van der Waals surface area contributed by atoms with Gasteiger partial charge in [0, 0.05) is 5.41 Å². The second-order valence-corrected chi connectivity index (χ2v) is 7.56. The first-order valence-electron chi connectivity index (χ1n) is 7.40. The van der Waals surface area contributed by atoms with Crippen molar-refractivity contribution in [1.82, 2.24) is 0 Å². The van der Waals surface area contributed by atoms with Crippen LogP contribution in [0.1, 0.15) is 47.0 Å². The molecule has 5 heteroatoms. The predicted molar refractivity (Wildman–Crippen MR) is 78.5 cm³/mol. The molecule has 0 bridgehead atoms. The van der Waals surface area contributed by atoms with Crippen molar-refractivity contribution in [2.24, 2.45) is 22.5 Å². The van der Waals surface area contributed by atoms with E-state index in [9.17, 15) is 14.7 Å². The summed E-state index contributed by atoms with van der Waals surface area (Å²) in [4.78, 5) is 23.7. The number of nitrogens with two attached hydrogens (primary N) is 1. The van der Waals surface area contributed by atoms with Gasteiger partial charge in [-0.05, 0) is 44.9 Å². The topological polar surface area (TPSA) is 89.6 Å². The first-order valence-corrected chi connectivity index (χ1v) is 7.40. The highest BCUT2D eigenvalue weighted by Gasteiger charge is 2.67. The van der Waals surface area contributed by atoms with Crippen LogP contribution in [0, 0.1) is 16.7 Å². The van der Waals surface area contributed by atoms with Gasteiger partial charge in [0.2, 0.25) is 0 Å². The van der Waals surface area contributed by atoms with Crippen LogP contribution < -0.4 is 5.73 Å². The van der Waals surface area contributed by atoms with Crippen LogP contribution in [0.4, 0.5) is 0 Å². The minimum Gasteiger partial charge on any atom is -0.481 e. The third-order valence-corrected chi connectivity index (χ3v) is 5.14. The average molecular weight is 295 g/mol. The number of carbonyl (C=O) groups excluding carboxylic acids is 1. The van der Waals surface area contributed by atoms with Gasteiger partial charge in [-0.1, -0.05) is 19.1 Å². The second-order valence-electron chi connectivity index (χ2n) is 7.56. The number of ether oxygens (including phenoxy) is 1. The van der Waals surface area contributed by atoms with Gasteiger partial charge in [-0.25, -0.2) is 0 Å². The molecular formula is C16H25NO4. The highest BCUT2D eigenvalue weighted by molar-refractivity contribution is 5.80. The molecule has 2 aliphatic carbocycles. The number of allylic oxidation sites excluding steroid dienone is 2. The van der Waals surface area contributed by atoms with Crippen LogP contribution in [-0.4, -0.2) is 28.7 Å². The number of rotatable bonds is 4. The summed E-state index contributed by atoms with van der Waals surface area (Å²) >= 11 is 0. The molecule has 0 heterocycles. The van der Waals surface area contributed by atoms with Crippen LogP contribution in [0.25, 0.3) is 0 Å². The molecular weight excluding hydrogens is 270 g/mol. The number of hydrogen-bond acceptors (Lipinski definition) is 4. The van der Waals surface area contributed by atoms with E-state index in [0.717, 1.165) is 6.42 Å². The van der Waals surface area contributed by atoms with Gasteiger partial charge in [-0.3, -0.25) is 9.59 Å². The Balaban J connectivity index is 2.28. The smallest absolute Gasteiger partial charge is 0.324 e. The van der Waals surface area contributed by atoms with Gasteiger partial charge in [0.1, 0.15) is 11.6 Å². The molecule has 5 nitrogen and oxygen atoms in total. The molecule has 0 aromatic heterocycles. The van der Waals surface area contributed by atoms with Crippen molar-refractivity contribution in [2.45, 2.75) is 58.6 Å². The molecule has 21 heavy (non-hydrogen) atoms. The fourth-order valence-corrected chi connectivity index (χ4v) is 3.95. The van der Waals surface area contributed by atoms with Crippen molar-refractivity contribution in [3.8, 4) is 0 Å². The van der Waals surface area contributed by atoms with E-state index in [2.05, 4.69) is 6.08 Å². The Hall–Kier alpha value is -1.36. The molecule has 4 atom stereocenters. The summed E-state index contributed by atoms with van der Waals surface area (Å²) < 4.78 is 5.38. The van der Waals surface area contributed by atoms with Crippen LogP contribution >= 0.6 is 0 Å². The Morgan fingerprint density at radius 2 is 2.10 bits per heavy atom. The van der Waals surface area contributed by atoms with Crippen LogP contribution in [0.15, 0.2) is 12.2 Å². The second kappa shape index (κ2) is 4.83. The number of aliphatic carboxylic acids is 1. The van der Waals surface area contributed by atoms with Crippen molar-refractivity contribution >= 4 is 11.9 Å². The van der Waals surface area contributed by atoms with Gasteiger partial charge in [-0.15, -0.1) is 0 Å². The first-order chi connectivity index (χ1) is 9.52. The average Bonchev–Trinajstić information content (AvgIpc) is 2.61. The van der Waals surface area contributed by atoms with Crippen molar-refractivity contribution in [1.29, 1.82) is 0 Å². The minimum atomic E-state index is -0.922. The third-order valence-electron chi connectivity index (χ3n) is 5.14. The van der Waals surface area contributed by atoms with Gasteiger partial charge in [0.15, 0.2) is 0 Å². The zero-order chi connectivity index (χ0) is 16.1. The van der Waals surface area contributed by atoms with E-state index in [4.69, 9.17) is 10.5 Å². The van der Waals surface area contributed by atoms with E-state index >= 15 is 0 Å². The zero-order valence-corrected chi connectivity index (χ0v) is 13.2. The third kappa shape index (κ3) is 2.48. The zero-order valence-electron chi connectivity index (χ0n) is 13.2. The summed E-state index contributed by atoms with van der Waals surface area (Å²) in [5, 5.41) is 9.28. The van der Waals surface area contributed by atoms with E-state index in [1.54, 1.807) is 20.8 Å². The Kier molecular flexibility index (Phi) is 3.69. The van der Waals surface area contributed by atoms with Crippen LogP contribution in [0.3, 0.4) is 0 Å². The van der Waals surface area contributed by atoms with E-state index in [1.165, 1.54) is 0 Å². The summed E-state index contributed by atoms with van der Waals surface area (Å²) in [6, 6.07) is -0.920. The quantitative estimate of drug-likeness (QED) is 0.612. The Bertz CT molecular complexity index is 493. The Labute approximate surface area is 125 Å². The fraction of sp³-hybridized carbons (Fsp3) is 0.750. The molecule has 2 aliphatic rings. The van der Waals surface area contributed by atoms with Crippen molar-refractivity contribution in [3.05, 3.63) is 12.2 Å². The summed E-state index contributed by atoms with van der Waals surface area (Å²) in [5.74, 6) is -1.05. The molecule has 0 saturated heterocycles. The van der Waals surface area contributed by atoms with E-state index in [1.807, 2.05) is 13.0 Å². The van der Waals surface area contributed by atoms with Crippen molar-refractivity contribution in [2.75, 3.05) is 0 Å². The first kappa shape index (κ1) is 16.0. The maximum Gasteiger partial charge on any atom is 0.324 e. The van der Waals surface area contributed by atoms with Crippen molar-refractivity contribution in [3.63, 3.8) is 0 Å². The molecule has 0 aromatic rings. The standard InChI is InChI=1S/C16H25NO4/c1-14(2,3)21-13(20)12(17)16(9-11(18)19)8-10-6-5-7-15(10,16)4/h5,7,10,12H,6,8-9,17H2,1-4H3,(H,18,19)/t10-,12?,15-,16+/m0/s1. The van der Waals surface area contributed by atoms with Gasteiger partial charge in [-0.2, -0.15) is 0 Å². The predicted octanol–water partition coefficient (Wildman–Crippen LogP) is 2.10. The molecule has 0 aromatic carbocycles. The van der Waals surface area contributed by atoms with Gasteiger partial charge in [0.05, 0.1) is 6.42 Å². The Morgan fingerprint density at radius 1 is 1.48 bits per heavy atom. The summed E-state index contributed by atoms with van der Waals surface area (Å²) in [5.41, 5.74) is 4.47. The lowest BCUT2D eigenvalue weighted by Gasteiger charge is -2.61. The maximum atomic E-state index is 12.3. The molecule has 0 amide bonds. The lowest BCUT2D eigenvalue weighted by atomic mass is 9.42. The van der Waals surface area contributed by atoms with Gasteiger partial charge >= 0.3 is 11.9 Å².